The van der Waals surface area contributed by atoms with Crippen molar-refractivity contribution in [3.63, 3.8) is 0 Å². The van der Waals surface area contributed by atoms with Gasteiger partial charge >= 0.3 is 5.97 Å². The first-order valence-electron chi connectivity index (χ1n) is 5.63. The van der Waals surface area contributed by atoms with Gasteiger partial charge in [-0.25, -0.2) is 0 Å². The quantitative estimate of drug-likeness (QED) is 0.632. The summed E-state index contributed by atoms with van der Waals surface area (Å²) in [6, 6.07) is 4.57. The second kappa shape index (κ2) is 4.89. The second-order valence-corrected chi connectivity index (χ2v) is 4.28. The van der Waals surface area contributed by atoms with Crippen LogP contribution in [0.5, 0.6) is 11.5 Å². The van der Waals surface area contributed by atoms with Crippen LogP contribution in [0.1, 0.15) is 10.4 Å². The Balaban J connectivity index is 2.36. The van der Waals surface area contributed by atoms with Gasteiger partial charge in [0.25, 0.3) is 0 Å². The van der Waals surface area contributed by atoms with Crippen molar-refractivity contribution in [2.24, 2.45) is 5.41 Å². The summed E-state index contributed by atoms with van der Waals surface area (Å²) in [4.78, 5) is 23.5. The number of carboxylic acids is 1. The van der Waals surface area contributed by atoms with Gasteiger partial charge in [0, 0.05) is 5.56 Å². The molecule has 2 rings (SSSR count). The summed E-state index contributed by atoms with van der Waals surface area (Å²) in [5, 5.41) is 9.19. The van der Waals surface area contributed by atoms with E-state index in [1.165, 1.54) is 26.4 Å². The first kappa shape index (κ1) is 13.4. The summed E-state index contributed by atoms with van der Waals surface area (Å²) in [6.07, 6.45) is 0. The number of ketones is 1. The maximum Gasteiger partial charge on any atom is 0.322 e. The third-order valence-corrected chi connectivity index (χ3v) is 3.19. The molecule has 1 aromatic carbocycles. The van der Waals surface area contributed by atoms with Gasteiger partial charge in [0.15, 0.2) is 22.7 Å². The zero-order chi connectivity index (χ0) is 14.0. The molecule has 6 heteroatoms. The minimum Gasteiger partial charge on any atom is -0.493 e. The second-order valence-electron chi connectivity index (χ2n) is 4.28. The number of carbonyl (C=O) groups is 2. The molecule has 0 spiro atoms. The largest absolute Gasteiger partial charge is 0.493 e. The van der Waals surface area contributed by atoms with Crippen molar-refractivity contribution in [2.45, 2.75) is 0 Å². The SMILES string of the molecule is COc1ccc(C(=O)C2(C(=O)O)COC2)cc1OC. The first-order valence-corrected chi connectivity index (χ1v) is 5.63. The van der Waals surface area contributed by atoms with E-state index >= 15 is 0 Å². The molecule has 0 aliphatic carbocycles. The molecule has 6 nitrogen and oxygen atoms in total. The number of carbonyl (C=O) groups excluding carboxylic acids is 1. The molecule has 0 unspecified atom stereocenters. The van der Waals surface area contributed by atoms with E-state index in [0.717, 1.165) is 0 Å². The van der Waals surface area contributed by atoms with Crippen LogP contribution in [0.15, 0.2) is 18.2 Å². The third-order valence-electron chi connectivity index (χ3n) is 3.19. The minimum atomic E-state index is -1.47. The average molecular weight is 266 g/mol. The number of ether oxygens (including phenoxy) is 3. The molecular formula is C13H14O6. The molecule has 0 atom stereocenters. The topological polar surface area (TPSA) is 82.1 Å². The van der Waals surface area contributed by atoms with Crippen LogP contribution in [0.4, 0.5) is 0 Å². The molecule has 1 heterocycles. The molecule has 1 N–H and O–H groups in total. The lowest BCUT2D eigenvalue weighted by atomic mass is 9.78. The van der Waals surface area contributed by atoms with E-state index in [-0.39, 0.29) is 18.8 Å². The van der Waals surface area contributed by atoms with Gasteiger partial charge in [-0.05, 0) is 18.2 Å². The maximum atomic E-state index is 12.3. The van der Waals surface area contributed by atoms with Crippen LogP contribution in [0.2, 0.25) is 0 Å². The van der Waals surface area contributed by atoms with Crippen molar-refractivity contribution < 1.29 is 28.9 Å². The average Bonchev–Trinajstić information content (AvgIpc) is 2.35. The monoisotopic (exact) mass is 266 g/mol. The zero-order valence-electron chi connectivity index (χ0n) is 10.6. The molecule has 1 saturated heterocycles. The van der Waals surface area contributed by atoms with E-state index in [0.29, 0.717) is 11.5 Å². The lowest BCUT2D eigenvalue weighted by molar-refractivity contribution is -0.169. The molecule has 0 saturated carbocycles. The van der Waals surface area contributed by atoms with E-state index in [1.807, 2.05) is 0 Å². The summed E-state index contributed by atoms with van der Waals surface area (Å²) in [5.74, 6) is -0.784. The normalized spacial score (nSPS) is 16.3. The van der Waals surface area contributed by atoms with Crippen LogP contribution >= 0.6 is 0 Å². The Morgan fingerprint density at radius 1 is 1.21 bits per heavy atom. The maximum absolute atomic E-state index is 12.3. The molecule has 1 fully saturated rings. The predicted molar refractivity (Wildman–Crippen MR) is 64.8 cm³/mol. The molecular weight excluding hydrogens is 252 g/mol. The molecule has 0 radical (unpaired) electrons. The van der Waals surface area contributed by atoms with E-state index in [1.54, 1.807) is 6.07 Å². The molecule has 0 aromatic heterocycles. The standard InChI is InChI=1S/C13H14O6/c1-17-9-4-3-8(5-10(9)18-2)11(14)13(12(15)16)6-19-7-13/h3-5H,6-7H2,1-2H3,(H,15,16). The lowest BCUT2D eigenvalue weighted by Crippen LogP contribution is -2.54. The van der Waals surface area contributed by atoms with Crippen molar-refractivity contribution in [1.82, 2.24) is 0 Å². The number of aliphatic carboxylic acids is 1. The van der Waals surface area contributed by atoms with Gasteiger partial charge in [-0.2, -0.15) is 0 Å². The van der Waals surface area contributed by atoms with Crippen LogP contribution in [0.25, 0.3) is 0 Å². The highest BCUT2D eigenvalue weighted by molar-refractivity contribution is 6.13. The van der Waals surface area contributed by atoms with Crippen molar-refractivity contribution in [3.05, 3.63) is 23.8 Å². The van der Waals surface area contributed by atoms with Crippen molar-refractivity contribution in [1.29, 1.82) is 0 Å². The van der Waals surface area contributed by atoms with E-state index in [4.69, 9.17) is 14.2 Å². The van der Waals surface area contributed by atoms with Gasteiger partial charge in [-0.3, -0.25) is 9.59 Å². The number of carboxylic acid groups (broad SMARTS) is 1. The Bertz CT molecular complexity index is 518. The predicted octanol–water partition coefficient (Wildman–Crippen LogP) is 0.988. The fourth-order valence-electron chi connectivity index (χ4n) is 1.91. The Morgan fingerprint density at radius 3 is 2.26 bits per heavy atom. The Labute approximate surface area is 109 Å². The molecule has 0 amide bonds. The van der Waals surface area contributed by atoms with Crippen molar-refractivity contribution >= 4 is 11.8 Å². The Hall–Kier alpha value is -2.08. The van der Waals surface area contributed by atoms with Gasteiger partial charge in [-0.15, -0.1) is 0 Å². The number of methoxy groups -OCH3 is 2. The highest BCUT2D eigenvalue weighted by Gasteiger charge is 2.53. The molecule has 1 aromatic rings. The fourth-order valence-corrected chi connectivity index (χ4v) is 1.91. The zero-order valence-corrected chi connectivity index (χ0v) is 10.6. The van der Waals surface area contributed by atoms with Crippen molar-refractivity contribution in [2.75, 3.05) is 27.4 Å². The van der Waals surface area contributed by atoms with Gasteiger partial charge in [0.2, 0.25) is 0 Å². The summed E-state index contributed by atoms with van der Waals surface area (Å²) in [6.45, 7) is -0.203. The van der Waals surface area contributed by atoms with Crippen LogP contribution in [0.3, 0.4) is 0 Å². The summed E-state index contributed by atoms with van der Waals surface area (Å²) in [5.41, 5.74) is -1.21. The minimum absolute atomic E-state index is 0.102. The fraction of sp³-hybridized carbons (Fsp3) is 0.385. The van der Waals surface area contributed by atoms with Crippen LogP contribution < -0.4 is 9.47 Å². The number of hydrogen-bond donors (Lipinski definition) is 1. The molecule has 1 aliphatic heterocycles. The van der Waals surface area contributed by atoms with Crippen LogP contribution in [-0.2, 0) is 9.53 Å². The molecule has 0 bridgehead atoms. The number of benzene rings is 1. The van der Waals surface area contributed by atoms with Crippen molar-refractivity contribution in [3.8, 4) is 11.5 Å². The van der Waals surface area contributed by atoms with Gasteiger partial charge in [-0.1, -0.05) is 0 Å². The number of Topliss-reactive ketones (excluding diaryl/α,β-unsaturated/α-hetero) is 1. The number of hydrogen-bond acceptors (Lipinski definition) is 5. The summed E-state index contributed by atoms with van der Waals surface area (Å²) < 4.78 is 15.0. The highest BCUT2D eigenvalue weighted by Crippen LogP contribution is 2.35. The van der Waals surface area contributed by atoms with Gasteiger partial charge < -0.3 is 19.3 Å². The Morgan fingerprint density at radius 2 is 1.84 bits per heavy atom. The smallest absolute Gasteiger partial charge is 0.322 e. The molecule has 19 heavy (non-hydrogen) atoms. The van der Waals surface area contributed by atoms with Crippen LogP contribution in [-0.4, -0.2) is 44.3 Å². The highest BCUT2D eigenvalue weighted by atomic mass is 16.5. The van der Waals surface area contributed by atoms with Gasteiger partial charge in [0.1, 0.15) is 0 Å². The number of rotatable bonds is 5. The third kappa shape index (κ3) is 2.04. The van der Waals surface area contributed by atoms with Crippen LogP contribution in [0, 0.1) is 5.41 Å². The molecule has 102 valence electrons. The molecule has 1 aliphatic rings. The lowest BCUT2D eigenvalue weighted by Gasteiger charge is -2.35. The first-order chi connectivity index (χ1) is 9.05. The summed E-state index contributed by atoms with van der Waals surface area (Å²) in [7, 11) is 2.93. The summed E-state index contributed by atoms with van der Waals surface area (Å²) >= 11 is 0. The van der Waals surface area contributed by atoms with E-state index in [9.17, 15) is 14.7 Å². The van der Waals surface area contributed by atoms with E-state index < -0.39 is 17.2 Å². The van der Waals surface area contributed by atoms with Gasteiger partial charge in [0.05, 0.1) is 27.4 Å². The van der Waals surface area contributed by atoms with E-state index in [2.05, 4.69) is 0 Å². The Kier molecular flexibility index (Phi) is 3.44.